The molecule has 0 aliphatic heterocycles. The molecule has 122 valence electrons. The smallest absolute Gasteiger partial charge is 0.261 e. The molecule has 0 bridgehead atoms. The van der Waals surface area contributed by atoms with Gasteiger partial charge in [0.05, 0.1) is 6.04 Å². The first-order valence-electron chi connectivity index (χ1n) is 8.09. The van der Waals surface area contributed by atoms with Crippen molar-refractivity contribution in [2.24, 2.45) is 0 Å². The number of nitrogens with one attached hydrogen (secondary N) is 1. The van der Waals surface area contributed by atoms with Crippen molar-refractivity contribution in [1.29, 1.82) is 0 Å². The van der Waals surface area contributed by atoms with Gasteiger partial charge in [-0.2, -0.15) is 0 Å². The molecule has 0 saturated carbocycles. The van der Waals surface area contributed by atoms with Gasteiger partial charge in [0.1, 0.15) is 5.75 Å². The molecule has 0 aromatic heterocycles. The maximum Gasteiger partial charge on any atom is 0.261 e. The highest BCUT2D eigenvalue weighted by atomic mass is 16.5. The molecule has 0 spiro atoms. The topological polar surface area (TPSA) is 38.3 Å². The molecular formula is C20H25NO2. The summed E-state index contributed by atoms with van der Waals surface area (Å²) in [6, 6.07) is 17.8. The van der Waals surface area contributed by atoms with Gasteiger partial charge >= 0.3 is 0 Å². The molecule has 0 aliphatic carbocycles. The van der Waals surface area contributed by atoms with E-state index >= 15 is 0 Å². The first kappa shape index (κ1) is 17.1. The van der Waals surface area contributed by atoms with Gasteiger partial charge in [-0.1, -0.05) is 56.3 Å². The Balaban J connectivity index is 1.92. The Morgan fingerprint density at radius 3 is 2.04 bits per heavy atom. The van der Waals surface area contributed by atoms with Crippen LogP contribution in [0, 0.1) is 0 Å². The number of rotatable bonds is 6. The van der Waals surface area contributed by atoms with Gasteiger partial charge in [0, 0.05) is 0 Å². The molecular weight excluding hydrogens is 286 g/mol. The van der Waals surface area contributed by atoms with Crippen molar-refractivity contribution in [2.45, 2.75) is 45.8 Å². The van der Waals surface area contributed by atoms with Crippen molar-refractivity contribution in [3.05, 3.63) is 65.7 Å². The van der Waals surface area contributed by atoms with Crippen molar-refractivity contribution in [1.82, 2.24) is 5.32 Å². The van der Waals surface area contributed by atoms with Crippen LogP contribution in [0.2, 0.25) is 0 Å². The minimum Gasteiger partial charge on any atom is -0.481 e. The van der Waals surface area contributed by atoms with Crippen molar-refractivity contribution in [2.75, 3.05) is 0 Å². The maximum atomic E-state index is 12.3. The van der Waals surface area contributed by atoms with E-state index in [1.165, 1.54) is 5.56 Å². The molecule has 23 heavy (non-hydrogen) atoms. The molecule has 2 aromatic rings. The molecule has 0 fully saturated rings. The van der Waals surface area contributed by atoms with Gasteiger partial charge in [-0.25, -0.2) is 0 Å². The normalized spacial score (nSPS) is 13.4. The number of hydrogen-bond donors (Lipinski definition) is 1. The van der Waals surface area contributed by atoms with Crippen molar-refractivity contribution in [3.8, 4) is 5.75 Å². The van der Waals surface area contributed by atoms with Gasteiger partial charge in [0.2, 0.25) is 0 Å². The first-order valence-corrected chi connectivity index (χ1v) is 8.09. The fourth-order valence-corrected chi connectivity index (χ4v) is 2.34. The Morgan fingerprint density at radius 1 is 0.870 bits per heavy atom. The van der Waals surface area contributed by atoms with E-state index in [4.69, 9.17) is 4.74 Å². The Morgan fingerprint density at radius 2 is 1.48 bits per heavy atom. The zero-order chi connectivity index (χ0) is 16.8. The quantitative estimate of drug-likeness (QED) is 0.855. The standard InChI is InChI=1S/C20H25NO2/c1-14(2)17-10-12-19(13-11-17)23-16(4)20(22)21-15(3)18-8-6-5-7-9-18/h5-16H,1-4H3,(H,21,22). The van der Waals surface area contributed by atoms with Crippen LogP contribution in [0.3, 0.4) is 0 Å². The Kier molecular flexibility index (Phi) is 5.80. The van der Waals surface area contributed by atoms with Crippen LogP contribution in [-0.2, 0) is 4.79 Å². The molecule has 0 radical (unpaired) electrons. The van der Waals surface area contributed by atoms with E-state index in [1.54, 1.807) is 6.92 Å². The third kappa shape index (κ3) is 4.85. The number of carbonyl (C=O) groups is 1. The van der Waals surface area contributed by atoms with Crippen LogP contribution in [0.4, 0.5) is 0 Å². The minimum atomic E-state index is -0.536. The van der Waals surface area contributed by atoms with Crippen molar-refractivity contribution < 1.29 is 9.53 Å². The molecule has 3 heteroatoms. The number of hydrogen-bond acceptors (Lipinski definition) is 2. The lowest BCUT2D eigenvalue weighted by atomic mass is 10.0. The molecule has 1 N–H and O–H groups in total. The molecule has 2 aromatic carbocycles. The lowest BCUT2D eigenvalue weighted by Crippen LogP contribution is -2.37. The predicted octanol–water partition coefficient (Wildman–Crippen LogP) is 4.45. The van der Waals surface area contributed by atoms with Gasteiger partial charge in [0.25, 0.3) is 5.91 Å². The predicted molar refractivity (Wildman–Crippen MR) is 93.6 cm³/mol. The summed E-state index contributed by atoms with van der Waals surface area (Å²) in [5, 5.41) is 2.98. The van der Waals surface area contributed by atoms with Crippen LogP contribution in [-0.4, -0.2) is 12.0 Å². The second-order valence-electron chi connectivity index (χ2n) is 6.12. The van der Waals surface area contributed by atoms with Gasteiger partial charge in [0.15, 0.2) is 6.10 Å². The van der Waals surface area contributed by atoms with E-state index in [-0.39, 0.29) is 11.9 Å². The number of benzene rings is 2. The average Bonchev–Trinajstić information content (AvgIpc) is 2.56. The van der Waals surface area contributed by atoms with Crippen LogP contribution in [0.1, 0.15) is 50.8 Å². The van der Waals surface area contributed by atoms with Crippen LogP contribution in [0.25, 0.3) is 0 Å². The molecule has 0 heterocycles. The van der Waals surface area contributed by atoms with Crippen LogP contribution < -0.4 is 10.1 Å². The van der Waals surface area contributed by atoms with E-state index in [9.17, 15) is 4.79 Å². The summed E-state index contributed by atoms with van der Waals surface area (Å²) in [7, 11) is 0. The van der Waals surface area contributed by atoms with Gasteiger partial charge < -0.3 is 10.1 Å². The summed E-state index contributed by atoms with van der Waals surface area (Å²) in [4.78, 5) is 12.3. The van der Waals surface area contributed by atoms with E-state index in [2.05, 4.69) is 19.2 Å². The zero-order valence-corrected chi connectivity index (χ0v) is 14.2. The van der Waals surface area contributed by atoms with E-state index < -0.39 is 6.10 Å². The summed E-state index contributed by atoms with van der Waals surface area (Å²) in [6.07, 6.45) is -0.536. The highest BCUT2D eigenvalue weighted by Gasteiger charge is 2.17. The van der Waals surface area contributed by atoms with Crippen LogP contribution in [0.5, 0.6) is 5.75 Å². The molecule has 2 rings (SSSR count). The fraction of sp³-hybridized carbons (Fsp3) is 0.350. The maximum absolute atomic E-state index is 12.3. The number of amides is 1. The van der Waals surface area contributed by atoms with Crippen LogP contribution >= 0.6 is 0 Å². The number of ether oxygens (including phenoxy) is 1. The van der Waals surface area contributed by atoms with Crippen LogP contribution in [0.15, 0.2) is 54.6 Å². The largest absolute Gasteiger partial charge is 0.481 e. The third-order valence-electron chi connectivity index (χ3n) is 3.89. The average molecular weight is 311 g/mol. The van der Waals surface area contributed by atoms with Crippen molar-refractivity contribution in [3.63, 3.8) is 0 Å². The molecule has 3 nitrogen and oxygen atoms in total. The molecule has 0 saturated heterocycles. The minimum absolute atomic E-state index is 0.0435. The first-order chi connectivity index (χ1) is 11.0. The van der Waals surface area contributed by atoms with Gasteiger partial charge in [-0.05, 0) is 43.0 Å². The summed E-state index contributed by atoms with van der Waals surface area (Å²) >= 11 is 0. The van der Waals surface area contributed by atoms with E-state index in [0.717, 1.165) is 5.56 Å². The van der Waals surface area contributed by atoms with Gasteiger partial charge in [-0.3, -0.25) is 4.79 Å². The lowest BCUT2D eigenvalue weighted by molar-refractivity contribution is -0.127. The summed E-state index contributed by atoms with van der Waals surface area (Å²) in [5.41, 5.74) is 2.33. The summed E-state index contributed by atoms with van der Waals surface area (Å²) in [5.74, 6) is 1.08. The van der Waals surface area contributed by atoms with Crippen molar-refractivity contribution >= 4 is 5.91 Å². The van der Waals surface area contributed by atoms with E-state index in [0.29, 0.717) is 11.7 Å². The summed E-state index contributed by atoms with van der Waals surface area (Å²) in [6.45, 7) is 8.04. The molecule has 2 unspecified atom stereocenters. The molecule has 1 amide bonds. The SMILES string of the molecule is CC(Oc1ccc(C(C)C)cc1)C(=O)NC(C)c1ccccc1. The lowest BCUT2D eigenvalue weighted by Gasteiger charge is -2.19. The third-order valence-corrected chi connectivity index (χ3v) is 3.89. The Bertz CT molecular complexity index is 620. The second kappa shape index (κ2) is 7.82. The zero-order valence-electron chi connectivity index (χ0n) is 14.2. The second-order valence-corrected chi connectivity index (χ2v) is 6.12. The monoisotopic (exact) mass is 311 g/mol. The Hall–Kier alpha value is -2.29. The molecule has 0 aliphatic rings. The highest BCUT2D eigenvalue weighted by Crippen LogP contribution is 2.19. The summed E-state index contributed by atoms with van der Waals surface area (Å²) < 4.78 is 5.74. The molecule has 2 atom stereocenters. The Labute approximate surface area is 138 Å². The highest BCUT2D eigenvalue weighted by molar-refractivity contribution is 5.81. The van der Waals surface area contributed by atoms with E-state index in [1.807, 2.05) is 61.5 Å². The fourth-order valence-electron chi connectivity index (χ4n) is 2.34. The number of carbonyl (C=O) groups excluding carboxylic acids is 1. The van der Waals surface area contributed by atoms with Gasteiger partial charge in [-0.15, -0.1) is 0 Å².